The highest BCUT2D eigenvalue weighted by atomic mass is 35.5. The van der Waals surface area contributed by atoms with Crippen LogP contribution < -0.4 is 4.90 Å². The molecule has 7 nitrogen and oxygen atoms in total. The van der Waals surface area contributed by atoms with Gasteiger partial charge in [-0.1, -0.05) is 18.2 Å². The third-order valence-corrected chi connectivity index (χ3v) is 4.97. The lowest BCUT2D eigenvalue weighted by Gasteiger charge is -2.41. The maximum atomic E-state index is 13.3. The van der Waals surface area contributed by atoms with Crippen molar-refractivity contribution in [2.75, 3.05) is 37.7 Å². The van der Waals surface area contributed by atoms with E-state index >= 15 is 0 Å². The minimum Gasteiger partial charge on any atom is -0.494 e. The van der Waals surface area contributed by atoms with Gasteiger partial charge in [-0.2, -0.15) is 0 Å². The summed E-state index contributed by atoms with van der Waals surface area (Å²) >= 11 is 5.87. The molecule has 1 aromatic heterocycles. The summed E-state index contributed by atoms with van der Waals surface area (Å²) in [5.74, 6) is 1.42. The van der Waals surface area contributed by atoms with E-state index in [0.29, 0.717) is 49.5 Å². The first-order valence-electron chi connectivity index (χ1n) is 9.35. The maximum Gasteiger partial charge on any atom is 0.325 e. The van der Waals surface area contributed by atoms with Gasteiger partial charge >= 0.3 is 6.03 Å². The molecule has 28 heavy (non-hydrogen) atoms. The van der Waals surface area contributed by atoms with Crippen LogP contribution in [-0.2, 0) is 4.74 Å². The molecule has 0 saturated carbocycles. The summed E-state index contributed by atoms with van der Waals surface area (Å²) in [7, 11) is 0. The van der Waals surface area contributed by atoms with Crippen molar-refractivity contribution >= 4 is 23.6 Å². The molecule has 2 amide bonds. The first-order chi connectivity index (χ1) is 13.4. The molecule has 1 aromatic rings. The zero-order chi connectivity index (χ0) is 20.3. The second-order valence-corrected chi connectivity index (χ2v) is 7.49. The van der Waals surface area contributed by atoms with Gasteiger partial charge in [0.05, 0.1) is 11.7 Å². The fourth-order valence-electron chi connectivity index (χ4n) is 3.30. The van der Waals surface area contributed by atoms with E-state index in [9.17, 15) is 4.79 Å². The fourth-order valence-corrected chi connectivity index (χ4v) is 3.36. The summed E-state index contributed by atoms with van der Waals surface area (Å²) in [6.07, 6.45) is 5.23. The summed E-state index contributed by atoms with van der Waals surface area (Å²) in [5.41, 5.74) is 1.65. The Morgan fingerprint density at radius 1 is 1.32 bits per heavy atom. The third-order valence-electron chi connectivity index (χ3n) is 4.85. The molecule has 2 aliphatic heterocycles. The number of rotatable bonds is 3. The third kappa shape index (κ3) is 4.47. The second-order valence-electron chi connectivity index (χ2n) is 7.01. The highest BCUT2D eigenvalue weighted by Gasteiger charge is 2.34. The summed E-state index contributed by atoms with van der Waals surface area (Å²) in [6, 6.07) is 1.78. The van der Waals surface area contributed by atoms with Crippen molar-refractivity contribution in [1.82, 2.24) is 19.8 Å². The summed E-state index contributed by atoms with van der Waals surface area (Å²) in [6.45, 7) is 12.5. The van der Waals surface area contributed by atoms with Gasteiger partial charge in [-0.25, -0.2) is 14.8 Å². The number of hydrogen-bond acceptors (Lipinski definition) is 5. The zero-order valence-electron chi connectivity index (χ0n) is 16.6. The summed E-state index contributed by atoms with van der Waals surface area (Å²) in [4.78, 5) is 27.9. The Bertz CT molecular complexity index is 815. The van der Waals surface area contributed by atoms with Crippen LogP contribution in [0.3, 0.4) is 0 Å². The van der Waals surface area contributed by atoms with Crippen LogP contribution in [0.1, 0.15) is 19.5 Å². The SMILES string of the molecule is C=C(Cl)/C=C\C1=C(C)OCC(C)N1C(=O)N1CCN(c2nccc(C)n2)CC1. The van der Waals surface area contributed by atoms with Crippen LogP contribution in [0.5, 0.6) is 0 Å². The highest BCUT2D eigenvalue weighted by Crippen LogP contribution is 2.25. The lowest BCUT2D eigenvalue weighted by atomic mass is 10.2. The van der Waals surface area contributed by atoms with Crippen molar-refractivity contribution < 1.29 is 9.53 Å². The number of allylic oxidation sites excluding steroid dienone is 4. The van der Waals surface area contributed by atoms with Crippen LogP contribution >= 0.6 is 11.6 Å². The minimum atomic E-state index is -0.0717. The Hall–Kier alpha value is -2.54. The number of carbonyl (C=O) groups is 1. The number of urea groups is 1. The molecule has 1 fully saturated rings. The molecule has 150 valence electrons. The van der Waals surface area contributed by atoms with Crippen molar-refractivity contribution in [2.24, 2.45) is 0 Å². The van der Waals surface area contributed by atoms with Gasteiger partial charge in [-0.05, 0) is 39.0 Å². The van der Waals surface area contributed by atoms with E-state index in [1.807, 2.05) is 31.7 Å². The summed E-state index contributed by atoms with van der Waals surface area (Å²) in [5, 5.41) is 0.401. The van der Waals surface area contributed by atoms with Gasteiger partial charge in [0.1, 0.15) is 12.4 Å². The van der Waals surface area contributed by atoms with Crippen LogP contribution in [0.4, 0.5) is 10.7 Å². The first-order valence-corrected chi connectivity index (χ1v) is 9.73. The number of piperazine rings is 1. The molecule has 2 aliphatic rings. The zero-order valence-corrected chi connectivity index (χ0v) is 17.3. The molecule has 3 heterocycles. The molecule has 8 heteroatoms. The minimum absolute atomic E-state index is 0.0280. The van der Waals surface area contributed by atoms with E-state index in [1.165, 1.54) is 0 Å². The normalized spacial score (nSPS) is 20.6. The van der Waals surface area contributed by atoms with Gasteiger partial charge in [0, 0.05) is 43.1 Å². The van der Waals surface area contributed by atoms with E-state index in [4.69, 9.17) is 16.3 Å². The van der Waals surface area contributed by atoms with Crippen molar-refractivity contribution in [3.8, 4) is 0 Å². The number of halogens is 1. The first kappa shape index (κ1) is 20.2. The number of aryl methyl sites for hydroxylation is 1. The van der Waals surface area contributed by atoms with Crippen LogP contribution in [0.25, 0.3) is 0 Å². The molecule has 0 radical (unpaired) electrons. The molecule has 0 bridgehead atoms. The molecule has 1 unspecified atom stereocenters. The van der Waals surface area contributed by atoms with E-state index in [0.717, 1.165) is 11.4 Å². The monoisotopic (exact) mass is 403 g/mol. The number of carbonyl (C=O) groups excluding carboxylic acids is 1. The molecule has 0 N–H and O–H groups in total. The Morgan fingerprint density at radius 3 is 2.68 bits per heavy atom. The van der Waals surface area contributed by atoms with Crippen LogP contribution in [0.2, 0.25) is 0 Å². The van der Waals surface area contributed by atoms with Gasteiger partial charge in [0.25, 0.3) is 0 Å². The lowest BCUT2D eigenvalue weighted by molar-refractivity contribution is 0.0848. The van der Waals surface area contributed by atoms with Crippen molar-refractivity contribution in [3.63, 3.8) is 0 Å². The number of anilines is 1. The smallest absolute Gasteiger partial charge is 0.325 e. The number of hydrogen-bond donors (Lipinski definition) is 0. The number of nitrogens with zero attached hydrogens (tertiary/aromatic N) is 5. The number of ether oxygens (including phenoxy) is 1. The van der Waals surface area contributed by atoms with Crippen LogP contribution in [0, 0.1) is 6.92 Å². The molecule has 1 atom stereocenters. The predicted molar refractivity (Wildman–Crippen MR) is 110 cm³/mol. The topological polar surface area (TPSA) is 61.8 Å². The lowest BCUT2D eigenvalue weighted by Crippen LogP contribution is -2.56. The average molecular weight is 404 g/mol. The van der Waals surface area contributed by atoms with Gasteiger partial charge in [0.15, 0.2) is 0 Å². The average Bonchev–Trinajstić information content (AvgIpc) is 2.68. The van der Waals surface area contributed by atoms with E-state index in [2.05, 4.69) is 21.4 Å². The van der Waals surface area contributed by atoms with E-state index < -0.39 is 0 Å². The molecular formula is C20H26ClN5O2. The molecule has 0 aromatic carbocycles. The Labute approximate surface area is 170 Å². The predicted octanol–water partition coefficient (Wildman–Crippen LogP) is 3.29. The molecule has 0 aliphatic carbocycles. The van der Waals surface area contributed by atoms with E-state index in [1.54, 1.807) is 23.2 Å². The number of amides is 2. The Morgan fingerprint density at radius 2 is 2.04 bits per heavy atom. The second kappa shape index (κ2) is 8.65. The van der Waals surface area contributed by atoms with Crippen molar-refractivity contribution in [2.45, 2.75) is 26.8 Å². The Kier molecular flexibility index (Phi) is 6.24. The molecule has 0 spiro atoms. The van der Waals surface area contributed by atoms with Gasteiger partial charge in [-0.3, -0.25) is 4.90 Å². The van der Waals surface area contributed by atoms with Gasteiger partial charge in [-0.15, -0.1) is 0 Å². The van der Waals surface area contributed by atoms with E-state index in [-0.39, 0.29) is 12.1 Å². The largest absolute Gasteiger partial charge is 0.494 e. The Balaban J connectivity index is 1.72. The highest BCUT2D eigenvalue weighted by molar-refractivity contribution is 6.30. The van der Waals surface area contributed by atoms with Gasteiger partial charge < -0.3 is 14.5 Å². The number of aromatic nitrogens is 2. The van der Waals surface area contributed by atoms with Gasteiger partial charge in [0.2, 0.25) is 5.95 Å². The quantitative estimate of drug-likeness (QED) is 0.725. The standard InChI is InChI=1S/C20H26ClN5O2/c1-14(21)5-6-18-17(4)28-13-16(3)26(18)20(27)25-11-9-24(10-12-25)19-22-8-7-15(2)23-19/h5-8,16H,1,9-13H2,2-4H3/b6-5-. The molecule has 1 saturated heterocycles. The van der Waals surface area contributed by atoms with Crippen molar-refractivity contribution in [1.29, 1.82) is 0 Å². The summed E-state index contributed by atoms with van der Waals surface area (Å²) < 4.78 is 5.71. The molecule has 3 rings (SSSR count). The van der Waals surface area contributed by atoms with Crippen molar-refractivity contribution in [3.05, 3.63) is 53.2 Å². The maximum absolute atomic E-state index is 13.3. The van der Waals surface area contributed by atoms with Crippen LogP contribution in [-0.4, -0.2) is 64.6 Å². The molecular weight excluding hydrogens is 378 g/mol. The van der Waals surface area contributed by atoms with Crippen LogP contribution in [0.15, 0.2) is 47.5 Å². The fraction of sp³-hybridized carbons (Fsp3) is 0.450.